The van der Waals surface area contributed by atoms with E-state index < -0.39 is 0 Å². The van der Waals surface area contributed by atoms with Gasteiger partial charge in [0.2, 0.25) is 5.91 Å². The largest absolute Gasteiger partial charge is 0.342 e. The van der Waals surface area contributed by atoms with Gasteiger partial charge in [0.15, 0.2) is 11.2 Å². The summed E-state index contributed by atoms with van der Waals surface area (Å²) < 4.78 is 1.67. The maximum atomic E-state index is 12.7. The molecule has 32 heavy (non-hydrogen) atoms. The number of hydrogen-bond acceptors (Lipinski definition) is 5. The Morgan fingerprint density at radius 2 is 1.62 bits per heavy atom. The van der Waals surface area contributed by atoms with Crippen molar-refractivity contribution in [3.63, 3.8) is 0 Å². The van der Waals surface area contributed by atoms with Crippen LogP contribution >= 0.6 is 0 Å². The van der Waals surface area contributed by atoms with Crippen molar-refractivity contribution in [3.8, 4) is 0 Å². The number of H-pyrrole nitrogens is 1. The topological polar surface area (TPSA) is 96.8 Å². The van der Waals surface area contributed by atoms with E-state index in [1.807, 2.05) is 65.6 Å². The van der Waals surface area contributed by atoms with Crippen LogP contribution in [-0.4, -0.2) is 48.9 Å². The zero-order valence-corrected chi connectivity index (χ0v) is 17.6. The Bertz CT molecular complexity index is 1270. The van der Waals surface area contributed by atoms with E-state index in [0.717, 1.165) is 24.0 Å². The molecule has 0 unspecified atom stereocenters. The molecule has 162 valence electrons. The molecule has 1 N–H and O–H groups in total. The van der Waals surface area contributed by atoms with E-state index >= 15 is 0 Å². The van der Waals surface area contributed by atoms with Gasteiger partial charge in [-0.2, -0.15) is 0 Å². The van der Waals surface area contributed by atoms with Gasteiger partial charge in [0.1, 0.15) is 5.82 Å². The number of carbonyl (C=O) groups excluding carboxylic acids is 1. The Kier molecular flexibility index (Phi) is 5.49. The number of rotatable bonds is 5. The predicted octanol–water partition coefficient (Wildman–Crippen LogP) is 2.51. The highest BCUT2D eigenvalue weighted by Crippen LogP contribution is 2.26. The molecule has 0 radical (unpaired) electrons. The second kappa shape index (κ2) is 8.74. The SMILES string of the molecule is O=C(Cc1ccccc1)N1CCC(c2nc3c(nnn3Cc3ccccc3)c(=O)[nH]2)CC1. The van der Waals surface area contributed by atoms with Crippen molar-refractivity contribution in [2.45, 2.75) is 31.7 Å². The van der Waals surface area contributed by atoms with Crippen molar-refractivity contribution >= 4 is 17.1 Å². The van der Waals surface area contributed by atoms with Crippen LogP contribution < -0.4 is 5.56 Å². The number of benzene rings is 2. The summed E-state index contributed by atoms with van der Waals surface area (Å²) in [5, 5.41) is 8.17. The summed E-state index contributed by atoms with van der Waals surface area (Å²) in [7, 11) is 0. The molecule has 2 aromatic carbocycles. The molecule has 8 heteroatoms. The number of hydrogen-bond donors (Lipinski definition) is 1. The summed E-state index contributed by atoms with van der Waals surface area (Å²) in [4.78, 5) is 34.8. The van der Waals surface area contributed by atoms with Gasteiger partial charge in [-0.05, 0) is 24.0 Å². The maximum Gasteiger partial charge on any atom is 0.281 e. The third kappa shape index (κ3) is 4.16. The average molecular weight is 428 g/mol. The van der Waals surface area contributed by atoms with Crippen molar-refractivity contribution < 1.29 is 4.79 Å². The molecule has 1 aliphatic heterocycles. The van der Waals surface area contributed by atoms with Crippen LogP contribution in [0.2, 0.25) is 0 Å². The van der Waals surface area contributed by atoms with Crippen LogP contribution in [0.25, 0.3) is 11.2 Å². The quantitative estimate of drug-likeness (QED) is 0.527. The Morgan fingerprint density at radius 1 is 0.969 bits per heavy atom. The first-order valence-corrected chi connectivity index (χ1v) is 10.9. The molecule has 8 nitrogen and oxygen atoms in total. The fourth-order valence-corrected chi connectivity index (χ4v) is 4.22. The first-order chi connectivity index (χ1) is 15.7. The standard InChI is InChI=1S/C24H24N6O2/c31-20(15-17-7-3-1-4-8-17)29-13-11-19(12-14-29)22-25-23-21(24(32)26-22)27-28-30(23)16-18-9-5-2-6-10-18/h1-10,19H,11-16H2,(H,25,26,32). The minimum atomic E-state index is -0.271. The highest BCUT2D eigenvalue weighted by Gasteiger charge is 2.26. The normalized spacial score (nSPS) is 14.7. The fourth-order valence-electron chi connectivity index (χ4n) is 4.22. The Labute approximate surface area is 184 Å². The van der Waals surface area contributed by atoms with E-state index in [0.29, 0.717) is 37.5 Å². The first kappa shape index (κ1) is 20.1. The number of amides is 1. The van der Waals surface area contributed by atoms with Gasteiger partial charge in [0.25, 0.3) is 5.56 Å². The number of aromatic amines is 1. The molecule has 1 aliphatic rings. The van der Waals surface area contributed by atoms with E-state index in [-0.39, 0.29) is 22.9 Å². The van der Waals surface area contributed by atoms with Gasteiger partial charge in [0, 0.05) is 19.0 Å². The molecule has 1 amide bonds. The predicted molar refractivity (Wildman–Crippen MR) is 120 cm³/mol. The fraction of sp³-hybridized carbons (Fsp3) is 0.292. The van der Waals surface area contributed by atoms with Crippen molar-refractivity contribution in [2.24, 2.45) is 0 Å². The maximum absolute atomic E-state index is 12.7. The molecule has 0 bridgehead atoms. The lowest BCUT2D eigenvalue weighted by Gasteiger charge is -2.31. The van der Waals surface area contributed by atoms with Crippen LogP contribution in [0.15, 0.2) is 65.5 Å². The molecule has 0 spiro atoms. The van der Waals surface area contributed by atoms with Gasteiger partial charge in [-0.3, -0.25) is 9.59 Å². The van der Waals surface area contributed by atoms with Crippen LogP contribution in [0.5, 0.6) is 0 Å². The summed E-state index contributed by atoms with van der Waals surface area (Å²) in [5.41, 5.74) is 2.56. The van der Waals surface area contributed by atoms with Gasteiger partial charge < -0.3 is 9.88 Å². The minimum Gasteiger partial charge on any atom is -0.342 e. The van der Waals surface area contributed by atoms with Crippen molar-refractivity contribution in [1.29, 1.82) is 0 Å². The van der Waals surface area contributed by atoms with Crippen LogP contribution in [-0.2, 0) is 17.8 Å². The zero-order valence-electron chi connectivity index (χ0n) is 17.6. The zero-order chi connectivity index (χ0) is 21.9. The van der Waals surface area contributed by atoms with E-state index in [2.05, 4.69) is 15.3 Å². The van der Waals surface area contributed by atoms with Crippen LogP contribution in [0.4, 0.5) is 0 Å². The molecule has 4 aromatic rings. The van der Waals surface area contributed by atoms with Gasteiger partial charge >= 0.3 is 0 Å². The Hall–Kier alpha value is -3.81. The molecular formula is C24H24N6O2. The number of piperidine rings is 1. The van der Waals surface area contributed by atoms with E-state index in [9.17, 15) is 9.59 Å². The van der Waals surface area contributed by atoms with Crippen molar-refractivity contribution in [2.75, 3.05) is 13.1 Å². The first-order valence-electron chi connectivity index (χ1n) is 10.9. The molecule has 5 rings (SSSR count). The Balaban J connectivity index is 1.30. The third-order valence-electron chi connectivity index (χ3n) is 6.00. The third-order valence-corrected chi connectivity index (χ3v) is 6.00. The summed E-state index contributed by atoms with van der Waals surface area (Å²) in [5.74, 6) is 0.874. The number of likely N-dealkylation sites (tertiary alicyclic amines) is 1. The summed E-state index contributed by atoms with van der Waals surface area (Å²) >= 11 is 0. The molecular weight excluding hydrogens is 404 g/mol. The molecule has 1 fully saturated rings. The van der Waals surface area contributed by atoms with Crippen LogP contribution in [0.1, 0.15) is 35.7 Å². The molecule has 0 atom stereocenters. The molecule has 0 aliphatic carbocycles. The second-order valence-electron chi connectivity index (χ2n) is 8.17. The lowest BCUT2D eigenvalue weighted by molar-refractivity contribution is -0.131. The van der Waals surface area contributed by atoms with Gasteiger partial charge in [-0.15, -0.1) is 5.10 Å². The van der Waals surface area contributed by atoms with Crippen molar-refractivity contribution in [1.82, 2.24) is 29.9 Å². The van der Waals surface area contributed by atoms with Crippen molar-refractivity contribution in [3.05, 3.63) is 88.0 Å². The summed E-state index contributed by atoms with van der Waals surface area (Å²) in [6, 6.07) is 19.7. The van der Waals surface area contributed by atoms with E-state index in [4.69, 9.17) is 4.98 Å². The van der Waals surface area contributed by atoms with Gasteiger partial charge in [0.05, 0.1) is 13.0 Å². The molecule has 0 saturated carbocycles. The monoisotopic (exact) mass is 428 g/mol. The number of fused-ring (bicyclic) bond motifs is 1. The highest BCUT2D eigenvalue weighted by molar-refractivity contribution is 5.78. The summed E-state index contributed by atoms with van der Waals surface area (Å²) in [6.45, 7) is 1.80. The van der Waals surface area contributed by atoms with Gasteiger partial charge in [-0.25, -0.2) is 9.67 Å². The molecule has 3 heterocycles. The minimum absolute atomic E-state index is 0.0907. The lowest BCUT2D eigenvalue weighted by atomic mass is 9.95. The Morgan fingerprint density at radius 3 is 2.31 bits per heavy atom. The average Bonchev–Trinajstić information content (AvgIpc) is 3.23. The van der Waals surface area contributed by atoms with E-state index in [1.54, 1.807) is 4.68 Å². The van der Waals surface area contributed by atoms with Crippen LogP contribution in [0.3, 0.4) is 0 Å². The molecule has 1 saturated heterocycles. The van der Waals surface area contributed by atoms with Crippen LogP contribution in [0, 0.1) is 0 Å². The van der Waals surface area contributed by atoms with Gasteiger partial charge in [-0.1, -0.05) is 65.9 Å². The number of carbonyl (C=O) groups is 1. The lowest BCUT2D eigenvalue weighted by Crippen LogP contribution is -2.39. The molecule has 2 aromatic heterocycles. The second-order valence-corrected chi connectivity index (χ2v) is 8.17. The number of nitrogens with zero attached hydrogens (tertiary/aromatic N) is 5. The number of nitrogens with one attached hydrogen (secondary N) is 1. The summed E-state index contributed by atoms with van der Waals surface area (Å²) in [6.07, 6.45) is 1.93. The highest BCUT2D eigenvalue weighted by atomic mass is 16.2. The van der Waals surface area contributed by atoms with E-state index in [1.165, 1.54) is 0 Å². The smallest absolute Gasteiger partial charge is 0.281 e. The number of aromatic nitrogens is 5.